The zero-order valence-corrected chi connectivity index (χ0v) is 19.8. The predicted octanol–water partition coefficient (Wildman–Crippen LogP) is 6.97. The number of ether oxygens (including phenoxy) is 2. The summed E-state index contributed by atoms with van der Waals surface area (Å²) in [4.78, 5) is 13.5. The molecule has 0 saturated heterocycles. The molecule has 180 valence electrons. The van der Waals surface area contributed by atoms with Gasteiger partial charge in [0.2, 0.25) is 5.43 Å². The Hall–Kier alpha value is -4.37. The number of nitrogens with zero attached hydrogens (tertiary/aromatic N) is 1. The average molecular weight is 482 g/mol. The maximum atomic E-state index is 13.9. The van der Waals surface area contributed by atoms with E-state index in [1.807, 2.05) is 24.3 Å². The molecule has 0 atom stereocenters. The second kappa shape index (κ2) is 10.1. The molecular weight excluding hydrogens is 457 g/mol. The standard InChI is InChI=1S/C30H24FNO4/c1-34-27-8-4-5-21(30(27)35-23-6-2-3-7-23)13-15-26-28(20-11-9-19(18-32)10-12-20)29(33)24-17-22(31)14-16-25(24)36-26/h4-5,8-17,23H,2-3,6-7H2,1H3/b15-13+. The van der Waals surface area contributed by atoms with Crippen molar-refractivity contribution in [3.05, 3.63) is 93.6 Å². The van der Waals surface area contributed by atoms with Crippen LogP contribution in [0.4, 0.5) is 4.39 Å². The first kappa shape index (κ1) is 23.4. The van der Waals surface area contributed by atoms with Crippen LogP contribution in [0.1, 0.15) is 42.6 Å². The number of rotatable bonds is 6. The fourth-order valence-electron chi connectivity index (χ4n) is 4.58. The number of methoxy groups -OCH3 is 1. The van der Waals surface area contributed by atoms with Crippen molar-refractivity contribution in [2.75, 3.05) is 7.11 Å². The van der Waals surface area contributed by atoms with Gasteiger partial charge in [-0.25, -0.2) is 4.39 Å². The Bertz CT molecular complexity index is 1540. The highest BCUT2D eigenvalue weighted by Crippen LogP contribution is 2.36. The fraction of sp³-hybridized carbons (Fsp3) is 0.200. The molecule has 1 aromatic heterocycles. The lowest BCUT2D eigenvalue weighted by molar-refractivity contribution is 0.200. The van der Waals surface area contributed by atoms with Crippen LogP contribution >= 0.6 is 0 Å². The molecule has 0 aliphatic heterocycles. The predicted molar refractivity (Wildman–Crippen MR) is 137 cm³/mol. The van der Waals surface area contributed by atoms with Gasteiger partial charge in [-0.05, 0) is 79.8 Å². The number of benzene rings is 3. The van der Waals surface area contributed by atoms with Crippen LogP contribution in [0.2, 0.25) is 0 Å². The zero-order chi connectivity index (χ0) is 25.1. The monoisotopic (exact) mass is 481 g/mol. The molecule has 1 aliphatic carbocycles. The topological polar surface area (TPSA) is 72.5 Å². The van der Waals surface area contributed by atoms with Gasteiger partial charge in [-0.1, -0.05) is 24.3 Å². The first-order valence-electron chi connectivity index (χ1n) is 11.9. The quantitative estimate of drug-likeness (QED) is 0.297. The first-order chi connectivity index (χ1) is 17.6. The summed E-state index contributed by atoms with van der Waals surface area (Å²) in [5, 5.41) is 9.31. The molecule has 1 saturated carbocycles. The highest BCUT2D eigenvalue weighted by Gasteiger charge is 2.20. The minimum Gasteiger partial charge on any atom is -0.493 e. The Morgan fingerprint density at radius 3 is 2.56 bits per heavy atom. The van der Waals surface area contributed by atoms with E-state index in [0.29, 0.717) is 28.4 Å². The largest absolute Gasteiger partial charge is 0.493 e. The molecule has 5 nitrogen and oxygen atoms in total. The van der Waals surface area contributed by atoms with E-state index >= 15 is 0 Å². The van der Waals surface area contributed by atoms with Crippen LogP contribution in [0.25, 0.3) is 34.2 Å². The van der Waals surface area contributed by atoms with Crippen LogP contribution in [-0.2, 0) is 0 Å². The van der Waals surface area contributed by atoms with Gasteiger partial charge >= 0.3 is 0 Å². The molecule has 1 aliphatic rings. The minimum absolute atomic E-state index is 0.135. The van der Waals surface area contributed by atoms with Crippen LogP contribution in [-0.4, -0.2) is 13.2 Å². The molecule has 0 radical (unpaired) electrons. The summed E-state index contributed by atoms with van der Waals surface area (Å²) in [6.45, 7) is 0. The third-order valence-electron chi connectivity index (χ3n) is 6.41. The fourth-order valence-corrected chi connectivity index (χ4v) is 4.58. The lowest BCUT2D eigenvalue weighted by Gasteiger charge is -2.18. The zero-order valence-electron chi connectivity index (χ0n) is 19.8. The van der Waals surface area contributed by atoms with Gasteiger partial charge in [0.1, 0.15) is 17.2 Å². The van der Waals surface area contributed by atoms with Gasteiger partial charge in [-0.3, -0.25) is 4.79 Å². The number of halogens is 1. The molecule has 4 aromatic rings. The molecule has 1 fully saturated rings. The van der Waals surface area contributed by atoms with Crippen molar-refractivity contribution < 1.29 is 18.3 Å². The summed E-state index contributed by atoms with van der Waals surface area (Å²) < 4.78 is 31.9. The van der Waals surface area contributed by atoms with Crippen LogP contribution in [0.3, 0.4) is 0 Å². The number of para-hydroxylation sites is 1. The summed E-state index contributed by atoms with van der Waals surface area (Å²) in [6, 6.07) is 18.3. The Morgan fingerprint density at radius 2 is 1.83 bits per heavy atom. The maximum absolute atomic E-state index is 13.9. The third kappa shape index (κ3) is 4.60. The number of nitriles is 1. The van der Waals surface area contributed by atoms with E-state index in [-0.39, 0.29) is 28.1 Å². The SMILES string of the molecule is COc1cccc(/C=C/c2oc3ccc(F)cc3c(=O)c2-c2ccc(C#N)cc2)c1OC1CCCC1. The van der Waals surface area contributed by atoms with Crippen molar-refractivity contribution >= 4 is 23.1 Å². The molecule has 0 bridgehead atoms. The van der Waals surface area contributed by atoms with E-state index in [1.54, 1.807) is 37.5 Å². The summed E-state index contributed by atoms with van der Waals surface area (Å²) in [6.07, 6.45) is 7.96. The van der Waals surface area contributed by atoms with E-state index < -0.39 is 5.82 Å². The summed E-state index contributed by atoms with van der Waals surface area (Å²) in [5.41, 5.74) is 2.04. The van der Waals surface area contributed by atoms with Crippen molar-refractivity contribution in [1.82, 2.24) is 0 Å². The third-order valence-corrected chi connectivity index (χ3v) is 6.41. The molecule has 1 heterocycles. The second-order valence-corrected chi connectivity index (χ2v) is 8.74. The summed E-state index contributed by atoms with van der Waals surface area (Å²) >= 11 is 0. The van der Waals surface area contributed by atoms with E-state index in [0.717, 1.165) is 31.2 Å². The lowest BCUT2D eigenvalue weighted by atomic mass is 10.00. The molecule has 36 heavy (non-hydrogen) atoms. The van der Waals surface area contributed by atoms with Gasteiger partial charge in [0.25, 0.3) is 0 Å². The maximum Gasteiger partial charge on any atom is 0.201 e. The molecular formula is C30H24FNO4. The number of hydrogen-bond donors (Lipinski definition) is 0. The molecule has 3 aromatic carbocycles. The molecule has 0 N–H and O–H groups in total. The van der Waals surface area contributed by atoms with Gasteiger partial charge < -0.3 is 13.9 Å². The van der Waals surface area contributed by atoms with E-state index in [9.17, 15) is 9.18 Å². The van der Waals surface area contributed by atoms with Gasteiger partial charge in [-0.15, -0.1) is 0 Å². The van der Waals surface area contributed by atoms with E-state index in [4.69, 9.17) is 19.2 Å². The average Bonchev–Trinajstić information content (AvgIpc) is 3.42. The van der Waals surface area contributed by atoms with Crippen molar-refractivity contribution in [1.29, 1.82) is 5.26 Å². The van der Waals surface area contributed by atoms with Crippen LogP contribution < -0.4 is 14.9 Å². The van der Waals surface area contributed by atoms with Crippen molar-refractivity contribution in [2.45, 2.75) is 31.8 Å². The highest BCUT2D eigenvalue weighted by molar-refractivity contribution is 5.87. The smallest absolute Gasteiger partial charge is 0.201 e. The summed E-state index contributed by atoms with van der Waals surface area (Å²) in [5.74, 6) is 1.08. The van der Waals surface area contributed by atoms with Crippen LogP contribution in [0.5, 0.6) is 11.5 Å². The second-order valence-electron chi connectivity index (χ2n) is 8.74. The minimum atomic E-state index is -0.519. The normalized spacial score (nSPS) is 13.8. The lowest BCUT2D eigenvalue weighted by Crippen LogP contribution is -2.12. The Morgan fingerprint density at radius 1 is 1.06 bits per heavy atom. The molecule has 0 amide bonds. The summed E-state index contributed by atoms with van der Waals surface area (Å²) in [7, 11) is 1.61. The van der Waals surface area contributed by atoms with Crippen molar-refractivity contribution in [3.63, 3.8) is 0 Å². The van der Waals surface area contributed by atoms with Crippen LogP contribution in [0.15, 0.2) is 69.9 Å². The number of hydrogen-bond acceptors (Lipinski definition) is 5. The highest BCUT2D eigenvalue weighted by atomic mass is 19.1. The Balaban J connectivity index is 1.64. The van der Waals surface area contributed by atoms with Crippen LogP contribution in [0, 0.1) is 17.1 Å². The Labute approximate surface area is 208 Å². The van der Waals surface area contributed by atoms with Gasteiger partial charge in [0.15, 0.2) is 11.5 Å². The molecule has 6 heteroatoms. The number of fused-ring (bicyclic) bond motifs is 1. The van der Waals surface area contributed by atoms with E-state index in [2.05, 4.69) is 6.07 Å². The Kier molecular flexibility index (Phi) is 6.55. The van der Waals surface area contributed by atoms with Crippen molar-refractivity contribution in [3.8, 4) is 28.7 Å². The molecule has 0 spiro atoms. The molecule has 5 rings (SSSR count). The van der Waals surface area contributed by atoms with E-state index in [1.165, 1.54) is 18.2 Å². The van der Waals surface area contributed by atoms with Crippen molar-refractivity contribution in [2.24, 2.45) is 0 Å². The first-order valence-corrected chi connectivity index (χ1v) is 11.9. The van der Waals surface area contributed by atoms with Gasteiger partial charge in [-0.2, -0.15) is 5.26 Å². The van der Waals surface area contributed by atoms with Gasteiger partial charge in [0.05, 0.1) is 35.8 Å². The van der Waals surface area contributed by atoms with Gasteiger partial charge in [0, 0.05) is 5.56 Å². The molecule has 0 unspecified atom stereocenters.